The van der Waals surface area contributed by atoms with Gasteiger partial charge in [0.2, 0.25) is 0 Å². The first-order valence-electron chi connectivity index (χ1n) is 6.89. The van der Waals surface area contributed by atoms with Crippen LogP contribution in [-0.2, 0) is 4.74 Å². The van der Waals surface area contributed by atoms with Gasteiger partial charge in [0.15, 0.2) is 0 Å². The first kappa shape index (κ1) is 13.1. The molecule has 0 bridgehead atoms. The molecule has 1 saturated heterocycles. The van der Waals surface area contributed by atoms with Gasteiger partial charge in [-0.15, -0.1) is 0 Å². The number of hydrogen-bond donors (Lipinski definition) is 0. The van der Waals surface area contributed by atoms with Crippen molar-refractivity contribution in [3.05, 3.63) is 34.3 Å². The molecule has 0 aromatic heterocycles. The highest BCUT2D eigenvalue weighted by Gasteiger charge is 2.30. The Labute approximate surface area is 122 Å². The van der Waals surface area contributed by atoms with Crippen LogP contribution in [0.5, 0.6) is 0 Å². The molecule has 19 heavy (non-hydrogen) atoms. The maximum absolute atomic E-state index is 12.4. The van der Waals surface area contributed by atoms with Gasteiger partial charge in [-0.3, -0.25) is 4.79 Å². The van der Waals surface area contributed by atoms with Crippen molar-refractivity contribution >= 4 is 21.8 Å². The SMILES string of the molecule is O=C(c1ccccc1Br)N1CCC(OCC2CC2)C1. The molecule has 102 valence electrons. The summed E-state index contributed by atoms with van der Waals surface area (Å²) < 4.78 is 6.73. The minimum absolute atomic E-state index is 0.102. The smallest absolute Gasteiger partial charge is 0.255 e. The zero-order valence-corrected chi connectivity index (χ0v) is 12.4. The van der Waals surface area contributed by atoms with Crippen molar-refractivity contribution in [2.75, 3.05) is 19.7 Å². The van der Waals surface area contributed by atoms with E-state index in [-0.39, 0.29) is 12.0 Å². The normalized spacial score (nSPS) is 22.8. The summed E-state index contributed by atoms with van der Waals surface area (Å²) in [5, 5.41) is 0. The summed E-state index contributed by atoms with van der Waals surface area (Å²) in [5.41, 5.74) is 0.741. The summed E-state index contributed by atoms with van der Waals surface area (Å²) in [5.74, 6) is 0.887. The molecule has 1 aromatic carbocycles. The molecule has 0 spiro atoms. The van der Waals surface area contributed by atoms with Crippen LogP contribution < -0.4 is 0 Å². The summed E-state index contributed by atoms with van der Waals surface area (Å²) in [4.78, 5) is 14.3. The van der Waals surface area contributed by atoms with E-state index in [1.807, 2.05) is 29.2 Å². The summed E-state index contributed by atoms with van der Waals surface area (Å²) in [6, 6.07) is 7.59. The van der Waals surface area contributed by atoms with Crippen molar-refractivity contribution in [2.24, 2.45) is 5.92 Å². The average Bonchev–Trinajstić information content (AvgIpc) is 3.13. The molecule has 1 saturated carbocycles. The van der Waals surface area contributed by atoms with E-state index >= 15 is 0 Å². The van der Waals surface area contributed by atoms with Crippen molar-refractivity contribution in [1.82, 2.24) is 4.90 Å². The van der Waals surface area contributed by atoms with Crippen molar-refractivity contribution in [3.8, 4) is 0 Å². The quantitative estimate of drug-likeness (QED) is 0.852. The molecule has 0 N–H and O–H groups in total. The summed E-state index contributed by atoms with van der Waals surface area (Å²) in [7, 11) is 0. The van der Waals surface area contributed by atoms with Crippen LogP contribution >= 0.6 is 15.9 Å². The molecule has 4 heteroatoms. The number of carbonyl (C=O) groups is 1. The van der Waals surface area contributed by atoms with Gasteiger partial charge >= 0.3 is 0 Å². The zero-order valence-electron chi connectivity index (χ0n) is 10.8. The van der Waals surface area contributed by atoms with Gasteiger partial charge < -0.3 is 9.64 Å². The van der Waals surface area contributed by atoms with E-state index in [9.17, 15) is 4.79 Å². The van der Waals surface area contributed by atoms with Crippen LogP contribution in [0.1, 0.15) is 29.6 Å². The highest BCUT2D eigenvalue weighted by Crippen LogP contribution is 2.30. The van der Waals surface area contributed by atoms with Gasteiger partial charge in [0.25, 0.3) is 5.91 Å². The Balaban J connectivity index is 1.57. The van der Waals surface area contributed by atoms with E-state index in [4.69, 9.17) is 4.74 Å². The van der Waals surface area contributed by atoms with E-state index in [2.05, 4.69) is 15.9 Å². The maximum Gasteiger partial charge on any atom is 0.255 e. The van der Waals surface area contributed by atoms with Crippen LogP contribution in [0.3, 0.4) is 0 Å². The third kappa shape index (κ3) is 3.18. The van der Waals surface area contributed by atoms with Crippen molar-refractivity contribution in [2.45, 2.75) is 25.4 Å². The first-order chi connectivity index (χ1) is 9.24. The second-order valence-electron chi connectivity index (χ2n) is 5.42. The predicted octanol–water partition coefficient (Wildman–Crippen LogP) is 3.09. The number of rotatable bonds is 4. The van der Waals surface area contributed by atoms with Crippen molar-refractivity contribution < 1.29 is 9.53 Å². The fourth-order valence-electron chi connectivity index (χ4n) is 2.41. The Kier molecular flexibility index (Phi) is 3.89. The molecule has 1 aromatic rings. The van der Waals surface area contributed by atoms with Gasteiger partial charge in [0.05, 0.1) is 11.7 Å². The zero-order chi connectivity index (χ0) is 13.2. The standard InChI is InChI=1S/C15H18BrNO2/c16-14-4-2-1-3-13(14)15(18)17-8-7-12(9-17)19-10-11-5-6-11/h1-4,11-12H,5-10H2. The predicted molar refractivity (Wildman–Crippen MR) is 77.1 cm³/mol. The lowest BCUT2D eigenvalue weighted by Gasteiger charge is -2.17. The number of amides is 1. The fourth-order valence-corrected chi connectivity index (χ4v) is 2.86. The summed E-state index contributed by atoms with van der Waals surface area (Å²) >= 11 is 3.44. The first-order valence-corrected chi connectivity index (χ1v) is 7.69. The Hall–Kier alpha value is -0.870. The lowest BCUT2D eigenvalue weighted by Crippen LogP contribution is -2.30. The molecule has 0 radical (unpaired) electrons. The number of likely N-dealkylation sites (tertiary alicyclic amines) is 1. The van der Waals surface area contributed by atoms with Crippen LogP contribution in [0, 0.1) is 5.92 Å². The average molecular weight is 324 g/mol. The molecule has 1 heterocycles. The molecular weight excluding hydrogens is 306 g/mol. The monoisotopic (exact) mass is 323 g/mol. The Morgan fingerprint density at radius 2 is 2.11 bits per heavy atom. The Bertz CT molecular complexity index is 473. The molecule has 1 atom stereocenters. The molecule has 1 unspecified atom stereocenters. The van der Waals surface area contributed by atoms with Crippen molar-refractivity contribution in [3.63, 3.8) is 0 Å². The lowest BCUT2D eigenvalue weighted by atomic mass is 10.2. The summed E-state index contributed by atoms with van der Waals surface area (Å²) in [6.07, 6.45) is 3.81. The Morgan fingerprint density at radius 1 is 1.32 bits per heavy atom. The highest BCUT2D eigenvalue weighted by atomic mass is 79.9. The van der Waals surface area contributed by atoms with Crippen LogP contribution in [0.2, 0.25) is 0 Å². The van der Waals surface area contributed by atoms with Gasteiger partial charge in [0.1, 0.15) is 0 Å². The van der Waals surface area contributed by atoms with Crippen LogP contribution in [0.15, 0.2) is 28.7 Å². The van der Waals surface area contributed by atoms with Crippen LogP contribution in [0.4, 0.5) is 0 Å². The van der Waals surface area contributed by atoms with Gasteiger partial charge in [-0.1, -0.05) is 12.1 Å². The van der Waals surface area contributed by atoms with Gasteiger partial charge in [0, 0.05) is 24.2 Å². The highest BCUT2D eigenvalue weighted by molar-refractivity contribution is 9.10. The third-order valence-electron chi connectivity index (χ3n) is 3.80. The molecule has 1 aliphatic carbocycles. The molecule has 2 fully saturated rings. The van der Waals surface area contributed by atoms with Gasteiger partial charge in [-0.05, 0) is 53.2 Å². The van der Waals surface area contributed by atoms with Crippen LogP contribution in [0.25, 0.3) is 0 Å². The van der Waals surface area contributed by atoms with Crippen molar-refractivity contribution in [1.29, 1.82) is 0 Å². The van der Waals surface area contributed by atoms with E-state index < -0.39 is 0 Å². The number of halogens is 1. The van der Waals surface area contributed by atoms with E-state index in [0.29, 0.717) is 0 Å². The minimum atomic E-state index is 0.102. The molecular formula is C15H18BrNO2. The largest absolute Gasteiger partial charge is 0.376 e. The maximum atomic E-state index is 12.4. The molecule has 2 aliphatic rings. The molecule has 3 nitrogen and oxygen atoms in total. The number of nitrogens with zero attached hydrogens (tertiary/aromatic N) is 1. The number of benzene rings is 1. The van der Waals surface area contributed by atoms with Gasteiger partial charge in [-0.2, -0.15) is 0 Å². The summed E-state index contributed by atoms with van der Waals surface area (Å²) in [6.45, 7) is 2.41. The second kappa shape index (κ2) is 5.63. The van der Waals surface area contributed by atoms with E-state index in [1.165, 1.54) is 12.8 Å². The molecule has 1 aliphatic heterocycles. The number of ether oxygens (including phenoxy) is 1. The fraction of sp³-hybridized carbons (Fsp3) is 0.533. The lowest BCUT2D eigenvalue weighted by molar-refractivity contribution is 0.0480. The second-order valence-corrected chi connectivity index (χ2v) is 6.27. The van der Waals surface area contributed by atoms with Gasteiger partial charge in [-0.25, -0.2) is 0 Å². The number of hydrogen-bond acceptors (Lipinski definition) is 2. The third-order valence-corrected chi connectivity index (χ3v) is 4.49. The van der Waals surface area contributed by atoms with E-state index in [1.54, 1.807) is 0 Å². The minimum Gasteiger partial charge on any atom is -0.376 e. The topological polar surface area (TPSA) is 29.5 Å². The number of carbonyl (C=O) groups excluding carboxylic acids is 1. The molecule has 1 amide bonds. The molecule has 3 rings (SSSR count). The Morgan fingerprint density at radius 3 is 2.84 bits per heavy atom. The van der Waals surface area contributed by atoms with Crippen LogP contribution in [-0.4, -0.2) is 36.6 Å². The van der Waals surface area contributed by atoms with E-state index in [0.717, 1.165) is 42.1 Å².